The van der Waals surface area contributed by atoms with E-state index in [2.05, 4.69) is 51.3 Å². The number of aliphatic hydroxyl groups is 1. The molecule has 34 heavy (non-hydrogen) atoms. The number of benzene rings is 1. The van der Waals surface area contributed by atoms with E-state index in [0.717, 1.165) is 48.2 Å². The summed E-state index contributed by atoms with van der Waals surface area (Å²) in [7, 11) is 2.16. The fourth-order valence-corrected chi connectivity index (χ4v) is 3.82. The first kappa shape index (κ1) is 23.6. The van der Waals surface area contributed by atoms with E-state index in [1.165, 1.54) is 6.08 Å². The molecule has 3 N–H and O–H groups in total. The van der Waals surface area contributed by atoms with Gasteiger partial charge in [-0.25, -0.2) is 4.98 Å². The molecule has 4 rings (SSSR count). The van der Waals surface area contributed by atoms with Crippen LogP contribution in [0.25, 0.3) is 11.1 Å². The molecule has 7 nitrogen and oxygen atoms in total. The van der Waals surface area contributed by atoms with Crippen molar-refractivity contribution < 1.29 is 9.84 Å². The third-order valence-electron chi connectivity index (χ3n) is 6.06. The summed E-state index contributed by atoms with van der Waals surface area (Å²) in [5, 5.41) is 14.6. The predicted octanol–water partition coefficient (Wildman–Crippen LogP) is 3.66. The van der Waals surface area contributed by atoms with Gasteiger partial charge in [0.1, 0.15) is 12.2 Å². The second kappa shape index (κ2) is 10.1. The van der Waals surface area contributed by atoms with Gasteiger partial charge in [-0.05, 0) is 69.7 Å². The first-order valence-corrected chi connectivity index (χ1v) is 11.4. The van der Waals surface area contributed by atoms with Crippen molar-refractivity contribution >= 4 is 5.82 Å². The first-order chi connectivity index (χ1) is 16.3. The summed E-state index contributed by atoms with van der Waals surface area (Å²) in [6.07, 6.45) is 9.30. The SMILES string of the molecule is C=CC(C)(O)C#Cc1cccc(COc2cc(-c3cnn(C4CCN(C)CC4)c3)cnc2N)c1. The molecule has 1 aromatic carbocycles. The number of nitrogens with zero attached hydrogens (tertiary/aromatic N) is 4. The standard InChI is InChI=1S/C27H31N5O2/c1-4-27(2,33)11-8-20-6-5-7-21(14-20)19-34-25-15-22(16-29-26(25)28)23-17-30-32(18-23)24-9-12-31(3)13-10-24/h4-7,14-18,24,33H,1,9-10,12-13,19H2,2-3H3,(H2,28,29). The third-order valence-corrected chi connectivity index (χ3v) is 6.06. The molecule has 3 heterocycles. The van der Waals surface area contributed by atoms with Crippen molar-refractivity contribution in [2.45, 2.75) is 38.0 Å². The van der Waals surface area contributed by atoms with E-state index in [9.17, 15) is 5.11 Å². The zero-order valence-electron chi connectivity index (χ0n) is 19.7. The molecule has 1 unspecified atom stereocenters. The molecular formula is C27H31N5O2. The minimum Gasteiger partial charge on any atom is -0.485 e. The zero-order valence-corrected chi connectivity index (χ0v) is 19.7. The van der Waals surface area contributed by atoms with Gasteiger partial charge < -0.3 is 20.5 Å². The molecule has 0 saturated carbocycles. The fraction of sp³-hybridized carbons (Fsp3) is 0.333. The van der Waals surface area contributed by atoms with Crippen LogP contribution >= 0.6 is 0 Å². The molecule has 7 heteroatoms. The van der Waals surface area contributed by atoms with E-state index in [1.54, 1.807) is 13.1 Å². The van der Waals surface area contributed by atoms with Gasteiger partial charge in [0.15, 0.2) is 11.6 Å². The molecule has 2 aromatic heterocycles. The van der Waals surface area contributed by atoms with Crippen LogP contribution in [-0.4, -0.2) is 50.5 Å². The normalized spacial score (nSPS) is 16.3. The molecule has 0 spiro atoms. The van der Waals surface area contributed by atoms with Gasteiger partial charge in [-0.1, -0.05) is 30.6 Å². The molecule has 1 aliphatic heterocycles. The van der Waals surface area contributed by atoms with Gasteiger partial charge >= 0.3 is 0 Å². The number of pyridine rings is 1. The van der Waals surface area contributed by atoms with Crippen LogP contribution in [-0.2, 0) is 6.61 Å². The van der Waals surface area contributed by atoms with Gasteiger partial charge in [0.2, 0.25) is 0 Å². The second-order valence-corrected chi connectivity index (χ2v) is 8.94. The minimum atomic E-state index is -1.23. The van der Waals surface area contributed by atoms with Crippen LogP contribution in [0.2, 0.25) is 0 Å². The molecule has 176 valence electrons. The minimum absolute atomic E-state index is 0.317. The molecule has 1 aliphatic rings. The van der Waals surface area contributed by atoms with E-state index in [1.807, 2.05) is 36.5 Å². The molecule has 0 bridgehead atoms. The van der Waals surface area contributed by atoms with Crippen molar-refractivity contribution in [2.24, 2.45) is 0 Å². The molecule has 0 amide bonds. The van der Waals surface area contributed by atoms with Gasteiger partial charge in [-0.15, -0.1) is 0 Å². The average Bonchev–Trinajstić information content (AvgIpc) is 3.33. The Labute approximate surface area is 200 Å². The Morgan fingerprint density at radius 1 is 1.26 bits per heavy atom. The Balaban J connectivity index is 1.46. The van der Waals surface area contributed by atoms with Crippen LogP contribution in [0, 0.1) is 11.8 Å². The molecule has 0 radical (unpaired) electrons. The van der Waals surface area contributed by atoms with E-state index < -0.39 is 5.60 Å². The highest BCUT2D eigenvalue weighted by molar-refractivity contribution is 5.65. The van der Waals surface area contributed by atoms with E-state index >= 15 is 0 Å². The molecule has 1 saturated heterocycles. The van der Waals surface area contributed by atoms with Gasteiger partial charge in [-0.2, -0.15) is 5.10 Å². The lowest BCUT2D eigenvalue weighted by Crippen LogP contribution is -2.31. The number of nitrogens with two attached hydrogens (primary N) is 1. The third kappa shape index (κ3) is 5.84. The largest absolute Gasteiger partial charge is 0.485 e. The summed E-state index contributed by atoms with van der Waals surface area (Å²) in [6, 6.07) is 9.99. The smallest absolute Gasteiger partial charge is 0.166 e. The van der Waals surface area contributed by atoms with Crippen molar-refractivity contribution in [3.05, 3.63) is 72.7 Å². The number of anilines is 1. The number of nitrogen functional groups attached to an aromatic ring is 1. The van der Waals surface area contributed by atoms with Crippen LogP contribution in [0.5, 0.6) is 5.75 Å². The van der Waals surface area contributed by atoms with Crippen molar-refractivity contribution in [3.63, 3.8) is 0 Å². The molecule has 0 aliphatic carbocycles. The summed E-state index contributed by atoms with van der Waals surface area (Å²) < 4.78 is 8.07. The van der Waals surface area contributed by atoms with E-state index in [4.69, 9.17) is 10.5 Å². The van der Waals surface area contributed by atoms with Gasteiger partial charge in [-0.3, -0.25) is 4.68 Å². The van der Waals surface area contributed by atoms with E-state index in [-0.39, 0.29) is 0 Å². The number of likely N-dealkylation sites (tertiary alicyclic amines) is 1. The maximum atomic E-state index is 10.00. The number of aromatic nitrogens is 3. The maximum absolute atomic E-state index is 10.00. The predicted molar refractivity (Wildman–Crippen MR) is 134 cm³/mol. The van der Waals surface area contributed by atoms with Crippen LogP contribution in [0.1, 0.15) is 36.9 Å². The van der Waals surface area contributed by atoms with Crippen molar-refractivity contribution in [3.8, 4) is 28.7 Å². The Kier molecular flexibility index (Phi) is 7.01. The summed E-state index contributed by atoms with van der Waals surface area (Å²) >= 11 is 0. The highest BCUT2D eigenvalue weighted by atomic mass is 16.5. The average molecular weight is 458 g/mol. The summed E-state index contributed by atoms with van der Waals surface area (Å²) in [5.41, 5.74) is 8.48. The quantitative estimate of drug-likeness (QED) is 0.434. The highest BCUT2D eigenvalue weighted by Gasteiger charge is 2.19. The summed E-state index contributed by atoms with van der Waals surface area (Å²) in [4.78, 5) is 6.68. The van der Waals surface area contributed by atoms with Crippen molar-refractivity contribution in [1.82, 2.24) is 19.7 Å². The van der Waals surface area contributed by atoms with Crippen LogP contribution in [0.4, 0.5) is 5.82 Å². The number of hydrogen-bond donors (Lipinski definition) is 2. The fourth-order valence-electron chi connectivity index (χ4n) is 3.82. The Hall–Kier alpha value is -3.60. The first-order valence-electron chi connectivity index (χ1n) is 11.4. The zero-order chi connectivity index (χ0) is 24.1. The topological polar surface area (TPSA) is 89.4 Å². The Morgan fingerprint density at radius 3 is 2.82 bits per heavy atom. The number of rotatable bonds is 6. The van der Waals surface area contributed by atoms with Gasteiger partial charge in [0, 0.05) is 29.1 Å². The van der Waals surface area contributed by atoms with Crippen LogP contribution in [0.3, 0.4) is 0 Å². The number of piperidine rings is 1. The molecule has 3 aromatic rings. The molecular weight excluding hydrogens is 426 g/mol. The monoisotopic (exact) mass is 457 g/mol. The van der Waals surface area contributed by atoms with Gasteiger partial charge in [0.05, 0.1) is 12.2 Å². The van der Waals surface area contributed by atoms with Crippen molar-refractivity contribution in [1.29, 1.82) is 0 Å². The second-order valence-electron chi connectivity index (χ2n) is 8.94. The number of ether oxygens (including phenoxy) is 1. The maximum Gasteiger partial charge on any atom is 0.166 e. The highest BCUT2D eigenvalue weighted by Crippen LogP contribution is 2.29. The van der Waals surface area contributed by atoms with Crippen LogP contribution in [0.15, 0.2) is 61.6 Å². The lowest BCUT2D eigenvalue weighted by atomic mass is 10.1. The Bertz CT molecular complexity index is 1210. The molecule has 1 atom stereocenters. The Morgan fingerprint density at radius 2 is 2.06 bits per heavy atom. The summed E-state index contributed by atoms with van der Waals surface area (Å²) in [5.74, 6) is 6.63. The van der Waals surface area contributed by atoms with Crippen LogP contribution < -0.4 is 10.5 Å². The molecule has 1 fully saturated rings. The van der Waals surface area contributed by atoms with E-state index in [0.29, 0.717) is 24.2 Å². The lowest BCUT2D eigenvalue weighted by molar-refractivity contribution is 0.175. The summed E-state index contributed by atoms with van der Waals surface area (Å²) in [6.45, 7) is 7.68. The number of hydrogen-bond acceptors (Lipinski definition) is 6. The van der Waals surface area contributed by atoms with Gasteiger partial charge in [0.25, 0.3) is 0 Å². The lowest BCUT2D eigenvalue weighted by Gasteiger charge is -2.28. The van der Waals surface area contributed by atoms with Crippen molar-refractivity contribution in [2.75, 3.05) is 25.9 Å².